The first-order valence-corrected chi connectivity index (χ1v) is 12.8. The van der Waals surface area contributed by atoms with Gasteiger partial charge in [-0.15, -0.1) is 0 Å². The van der Waals surface area contributed by atoms with Crippen molar-refractivity contribution >= 4 is 11.4 Å². The zero-order chi connectivity index (χ0) is 30.7. The Morgan fingerprint density at radius 1 is 0.643 bits per heavy atom. The molecule has 2 heterocycles. The standard InChI is InChI=1S/C28H26F6N6O2/c1-17-21(25(41)39(37-17)19-11-5-3-6-12-19)23(27(29,30)31)35-15-9-10-16-36-24(28(32,33)34)22-18(2)38-40(26(22)42)20-13-7-4-8-14-20/h3-8,11-14,37-38H,9-10,15-16H2,1-2H3. The smallest absolute Gasteiger partial charge is 0.295 e. The molecule has 0 aliphatic heterocycles. The van der Waals surface area contributed by atoms with Crippen molar-refractivity contribution in [3.05, 3.63) is 104 Å². The van der Waals surface area contributed by atoms with Gasteiger partial charge in [0.2, 0.25) is 0 Å². The van der Waals surface area contributed by atoms with E-state index in [1.807, 2.05) is 0 Å². The van der Waals surface area contributed by atoms with Gasteiger partial charge in [0.15, 0.2) is 11.4 Å². The molecule has 2 N–H and O–H groups in total. The molecule has 2 aromatic heterocycles. The quantitative estimate of drug-likeness (QED) is 0.154. The fourth-order valence-electron chi connectivity index (χ4n) is 4.39. The predicted molar refractivity (Wildman–Crippen MR) is 146 cm³/mol. The number of aryl methyl sites for hydroxylation is 2. The first-order valence-electron chi connectivity index (χ1n) is 12.8. The van der Waals surface area contributed by atoms with E-state index in [1.165, 1.54) is 13.8 Å². The lowest BCUT2D eigenvalue weighted by atomic mass is 10.1. The molecule has 0 saturated carbocycles. The predicted octanol–water partition coefficient (Wildman–Crippen LogP) is 5.44. The number of aliphatic imine (C=N–C) groups is 2. The van der Waals surface area contributed by atoms with E-state index in [9.17, 15) is 35.9 Å². The number of H-pyrrole nitrogens is 2. The van der Waals surface area contributed by atoms with Crippen LogP contribution >= 0.6 is 0 Å². The van der Waals surface area contributed by atoms with Gasteiger partial charge < -0.3 is 0 Å². The van der Waals surface area contributed by atoms with Crippen molar-refractivity contribution in [2.45, 2.75) is 39.0 Å². The lowest BCUT2D eigenvalue weighted by Crippen LogP contribution is -2.31. The van der Waals surface area contributed by atoms with Crippen molar-refractivity contribution in [2.75, 3.05) is 13.1 Å². The summed E-state index contributed by atoms with van der Waals surface area (Å²) in [5, 5.41) is 5.25. The largest absolute Gasteiger partial charge is 0.433 e. The molecule has 2 aromatic carbocycles. The molecule has 0 saturated heterocycles. The van der Waals surface area contributed by atoms with Crippen molar-refractivity contribution in [3.8, 4) is 11.4 Å². The number of para-hydroxylation sites is 2. The maximum absolute atomic E-state index is 13.9. The van der Waals surface area contributed by atoms with Crippen LogP contribution in [0.5, 0.6) is 0 Å². The topological polar surface area (TPSA) is 100 Å². The summed E-state index contributed by atoms with van der Waals surface area (Å²) in [6, 6.07) is 16.1. The van der Waals surface area contributed by atoms with E-state index in [0.717, 1.165) is 9.36 Å². The zero-order valence-corrected chi connectivity index (χ0v) is 22.5. The molecule has 14 heteroatoms. The lowest BCUT2D eigenvalue weighted by Gasteiger charge is -2.10. The molecular weight excluding hydrogens is 566 g/mol. The normalized spacial score (nSPS) is 13.1. The molecule has 4 rings (SSSR count). The Labute approximate surface area is 235 Å². The van der Waals surface area contributed by atoms with E-state index < -0.39 is 59.1 Å². The number of nitrogens with one attached hydrogen (secondary N) is 2. The van der Waals surface area contributed by atoms with Crippen LogP contribution in [-0.2, 0) is 0 Å². The molecule has 0 fully saturated rings. The molecular formula is C28H26F6N6O2. The van der Waals surface area contributed by atoms with Crippen molar-refractivity contribution < 1.29 is 26.3 Å². The Morgan fingerprint density at radius 3 is 1.29 bits per heavy atom. The molecule has 42 heavy (non-hydrogen) atoms. The van der Waals surface area contributed by atoms with Crippen LogP contribution in [0.2, 0.25) is 0 Å². The number of benzene rings is 2. The fraction of sp³-hybridized carbons (Fsp3) is 0.286. The summed E-state index contributed by atoms with van der Waals surface area (Å²) >= 11 is 0. The van der Waals surface area contributed by atoms with E-state index in [2.05, 4.69) is 20.2 Å². The molecule has 0 aliphatic rings. The Hall–Kier alpha value is -4.62. The van der Waals surface area contributed by atoms with E-state index in [1.54, 1.807) is 60.7 Å². The molecule has 0 unspecified atom stereocenters. The van der Waals surface area contributed by atoms with Gasteiger partial charge in [0.05, 0.1) is 22.5 Å². The van der Waals surface area contributed by atoms with Crippen molar-refractivity contribution in [3.63, 3.8) is 0 Å². The second kappa shape index (κ2) is 12.1. The summed E-state index contributed by atoms with van der Waals surface area (Å²) in [4.78, 5) is 32.9. The molecule has 8 nitrogen and oxygen atoms in total. The number of alkyl halides is 6. The maximum atomic E-state index is 13.9. The number of aromatic amines is 2. The fourth-order valence-corrected chi connectivity index (χ4v) is 4.39. The third-order valence-electron chi connectivity index (χ3n) is 6.29. The number of hydrogen-bond acceptors (Lipinski definition) is 4. The highest BCUT2D eigenvalue weighted by Crippen LogP contribution is 2.25. The molecule has 222 valence electrons. The molecule has 0 spiro atoms. The summed E-state index contributed by atoms with van der Waals surface area (Å²) in [6.07, 6.45) is -10.0. The maximum Gasteiger partial charge on any atom is 0.433 e. The average Bonchev–Trinajstić information content (AvgIpc) is 3.39. The van der Waals surface area contributed by atoms with Crippen molar-refractivity contribution in [1.29, 1.82) is 0 Å². The minimum atomic E-state index is -4.95. The Morgan fingerprint density at radius 2 is 0.976 bits per heavy atom. The van der Waals surface area contributed by atoms with Crippen LogP contribution in [-0.4, -0.2) is 56.4 Å². The van der Waals surface area contributed by atoms with Crippen molar-refractivity contribution in [2.24, 2.45) is 9.98 Å². The van der Waals surface area contributed by atoms with Crippen LogP contribution in [0.25, 0.3) is 11.4 Å². The van der Waals surface area contributed by atoms with E-state index >= 15 is 0 Å². The van der Waals surface area contributed by atoms with Gasteiger partial charge in [-0.3, -0.25) is 29.8 Å². The first kappa shape index (κ1) is 30.3. The highest BCUT2D eigenvalue weighted by molar-refractivity contribution is 6.05. The van der Waals surface area contributed by atoms with Gasteiger partial charge >= 0.3 is 12.4 Å². The minimum Gasteiger partial charge on any atom is -0.295 e. The second-order valence-corrected chi connectivity index (χ2v) is 9.34. The third-order valence-corrected chi connectivity index (χ3v) is 6.29. The number of rotatable bonds is 9. The molecule has 0 amide bonds. The van der Waals surface area contributed by atoms with E-state index in [0.29, 0.717) is 11.4 Å². The summed E-state index contributed by atoms with van der Waals surface area (Å²) in [6.45, 7) is 1.81. The summed E-state index contributed by atoms with van der Waals surface area (Å²) < 4.78 is 85.4. The molecule has 0 aliphatic carbocycles. The third kappa shape index (κ3) is 6.47. The van der Waals surface area contributed by atoms with Gasteiger partial charge in [-0.1, -0.05) is 36.4 Å². The Balaban J connectivity index is 1.52. The lowest BCUT2D eigenvalue weighted by molar-refractivity contribution is -0.0592. The minimum absolute atomic E-state index is 0.0395. The van der Waals surface area contributed by atoms with Gasteiger partial charge in [0.25, 0.3) is 11.1 Å². The van der Waals surface area contributed by atoms with E-state index in [-0.39, 0.29) is 24.2 Å². The average molecular weight is 593 g/mol. The van der Waals surface area contributed by atoms with Crippen LogP contribution in [0.15, 0.2) is 80.2 Å². The number of unbranched alkanes of at least 4 members (excludes halogenated alkanes) is 1. The van der Waals surface area contributed by atoms with Crippen LogP contribution in [0.1, 0.15) is 35.4 Å². The molecule has 0 bridgehead atoms. The van der Waals surface area contributed by atoms with Gasteiger partial charge in [-0.05, 0) is 51.0 Å². The Kier molecular flexibility index (Phi) is 8.73. The molecule has 0 radical (unpaired) electrons. The molecule has 4 aromatic rings. The Bertz CT molecular complexity index is 1580. The van der Waals surface area contributed by atoms with Crippen LogP contribution in [0.3, 0.4) is 0 Å². The zero-order valence-electron chi connectivity index (χ0n) is 22.5. The number of halogens is 6. The highest BCUT2D eigenvalue weighted by Gasteiger charge is 2.41. The number of nitrogens with zero attached hydrogens (tertiary/aromatic N) is 4. The second-order valence-electron chi connectivity index (χ2n) is 9.34. The van der Waals surface area contributed by atoms with Gasteiger partial charge in [-0.25, -0.2) is 9.36 Å². The SMILES string of the molecule is Cc1[nH]n(-c2ccccc2)c(=O)c1C(=NCCCCN=C(c1c(C)[nH]n(-c2ccccc2)c1=O)C(F)(F)F)C(F)(F)F. The number of aromatic nitrogens is 4. The molecule has 0 atom stereocenters. The van der Waals surface area contributed by atoms with Gasteiger partial charge in [-0.2, -0.15) is 26.3 Å². The number of hydrogen-bond donors (Lipinski definition) is 2. The van der Waals surface area contributed by atoms with Gasteiger partial charge in [0.1, 0.15) is 0 Å². The summed E-state index contributed by atoms with van der Waals surface area (Å²) in [5.41, 5.74) is -5.30. The monoisotopic (exact) mass is 592 g/mol. The van der Waals surface area contributed by atoms with Crippen molar-refractivity contribution in [1.82, 2.24) is 19.6 Å². The van der Waals surface area contributed by atoms with Crippen LogP contribution in [0.4, 0.5) is 26.3 Å². The van der Waals surface area contributed by atoms with Gasteiger partial charge in [0, 0.05) is 24.5 Å². The van der Waals surface area contributed by atoms with E-state index in [4.69, 9.17) is 0 Å². The van der Waals surface area contributed by atoms with Crippen LogP contribution in [0, 0.1) is 13.8 Å². The first-order chi connectivity index (χ1) is 19.8. The summed E-state index contributed by atoms with van der Waals surface area (Å²) in [5.74, 6) is 0. The van der Waals surface area contributed by atoms with Crippen LogP contribution < -0.4 is 11.1 Å². The highest BCUT2D eigenvalue weighted by atomic mass is 19.4. The summed E-state index contributed by atoms with van der Waals surface area (Å²) in [7, 11) is 0.